The minimum atomic E-state index is 0.695. The highest BCUT2D eigenvalue weighted by Crippen LogP contribution is 2.38. The van der Waals surface area contributed by atoms with Crippen LogP contribution in [0.15, 0.2) is 243 Å². The maximum absolute atomic E-state index is 5.33. The molecule has 0 radical (unpaired) electrons. The van der Waals surface area contributed by atoms with Crippen LogP contribution in [0.1, 0.15) is 0 Å². The molecule has 0 spiro atoms. The molecule has 324 valence electrons. The van der Waals surface area contributed by atoms with Crippen molar-refractivity contribution in [2.45, 2.75) is 0 Å². The SMILES string of the molecule is c1cc(-c2ccc3c(ccc4ccccc43)c2)cc(-c2nc(-c3ccc4cc(-c5nc(-c6cccc(-c7ccc8c(ccc9ccccc98)c7)c6)nc6ccccc56)ccc4c3)c3ccccc3n2)c1. The van der Waals surface area contributed by atoms with E-state index < -0.39 is 0 Å². The third kappa shape index (κ3) is 6.85. The summed E-state index contributed by atoms with van der Waals surface area (Å²) in [7, 11) is 0. The zero-order valence-corrected chi connectivity index (χ0v) is 37.9. The van der Waals surface area contributed by atoms with E-state index >= 15 is 0 Å². The van der Waals surface area contributed by atoms with Gasteiger partial charge in [-0.3, -0.25) is 0 Å². The van der Waals surface area contributed by atoms with Gasteiger partial charge in [0.2, 0.25) is 0 Å². The maximum Gasteiger partial charge on any atom is 0.160 e. The molecule has 0 amide bonds. The molecule has 0 aliphatic rings. The topological polar surface area (TPSA) is 51.6 Å². The lowest BCUT2D eigenvalue weighted by molar-refractivity contribution is 1.23. The molecule has 4 nitrogen and oxygen atoms in total. The molecule has 4 heteroatoms. The standard InChI is InChI=1S/C66H40N4/c1-3-17-55-41(11-1)23-27-49-35-47(31-33-57(49)55)43-13-9-15-53(39-43)65-67-61-21-7-5-19-59(61)63(69-65)51-29-25-46-38-52(30-26-45(46)37-51)64-60-20-6-8-22-62(60)68-66(70-64)54-16-10-14-44(40-54)48-32-34-58-50(36-48)28-24-42-12-2-4-18-56(42)58/h1-40H. The fraction of sp³-hybridized carbons (Fsp3) is 0. The van der Waals surface area contributed by atoms with Crippen LogP contribution in [-0.4, -0.2) is 19.9 Å². The van der Waals surface area contributed by atoms with Gasteiger partial charge in [0.05, 0.1) is 22.4 Å². The minimum absolute atomic E-state index is 0.695. The van der Waals surface area contributed by atoms with Crippen molar-refractivity contribution in [3.63, 3.8) is 0 Å². The monoisotopic (exact) mass is 888 g/mol. The Kier molecular flexibility index (Phi) is 9.17. The van der Waals surface area contributed by atoms with E-state index in [1.165, 1.54) is 43.1 Å². The molecular weight excluding hydrogens is 849 g/mol. The van der Waals surface area contributed by atoms with Crippen molar-refractivity contribution >= 4 is 75.7 Å². The van der Waals surface area contributed by atoms with Crippen molar-refractivity contribution < 1.29 is 0 Å². The summed E-state index contributed by atoms with van der Waals surface area (Å²) in [6.45, 7) is 0. The van der Waals surface area contributed by atoms with Crippen molar-refractivity contribution in [2.24, 2.45) is 0 Å². The van der Waals surface area contributed by atoms with Gasteiger partial charge >= 0.3 is 0 Å². The summed E-state index contributed by atoms with van der Waals surface area (Å²) in [5.74, 6) is 1.39. The van der Waals surface area contributed by atoms with E-state index in [4.69, 9.17) is 19.9 Å². The number of para-hydroxylation sites is 2. The fourth-order valence-electron chi connectivity index (χ4n) is 10.5. The van der Waals surface area contributed by atoms with Crippen LogP contribution in [0.25, 0.3) is 143 Å². The first-order valence-corrected chi connectivity index (χ1v) is 23.8. The van der Waals surface area contributed by atoms with Crippen molar-refractivity contribution in [3.8, 4) is 67.5 Å². The van der Waals surface area contributed by atoms with Gasteiger partial charge in [-0.2, -0.15) is 0 Å². The number of nitrogens with zero attached hydrogens (tertiary/aromatic N) is 4. The van der Waals surface area contributed by atoms with E-state index in [9.17, 15) is 0 Å². The lowest BCUT2D eigenvalue weighted by Gasteiger charge is -2.13. The van der Waals surface area contributed by atoms with E-state index in [2.05, 4.69) is 231 Å². The highest BCUT2D eigenvalue weighted by molar-refractivity contribution is 6.10. The van der Waals surface area contributed by atoms with E-state index in [1.54, 1.807) is 0 Å². The summed E-state index contributed by atoms with van der Waals surface area (Å²) in [5.41, 5.74) is 12.2. The first-order chi connectivity index (χ1) is 34.6. The number of hydrogen-bond donors (Lipinski definition) is 0. The Balaban J connectivity index is 0.811. The molecule has 0 fully saturated rings. The van der Waals surface area contributed by atoms with Gasteiger partial charge in [-0.05, 0) is 125 Å². The van der Waals surface area contributed by atoms with Crippen LogP contribution in [0, 0.1) is 0 Å². The Morgan fingerprint density at radius 1 is 0.186 bits per heavy atom. The zero-order chi connectivity index (χ0) is 46.1. The number of hydrogen-bond acceptors (Lipinski definition) is 4. The quantitative estimate of drug-likeness (QED) is 0.156. The molecule has 14 rings (SSSR count). The molecule has 12 aromatic carbocycles. The summed E-state index contributed by atoms with van der Waals surface area (Å²) in [6, 6.07) is 86.6. The van der Waals surface area contributed by atoms with Crippen LogP contribution in [-0.2, 0) is 0 Å². The van der Waals surface area contributed by atoms with Gasteiger partial charge in [-0.1, -0.05) is 194 Å². The Bertz CT molecular complexity index is 4150. The number of fused-ring (bicyclic) bond motifs is 9. The fourth-order valence-corrected chi connectivity index (χ4v) is 10.5. The van der Waals surface area contributed by atoms with Gasteiger partial charge in [0.1, 0.15) is 0 Å². The third-order valence-corrected chi connectivity index (χ3v) is 14.0. The van der Waals surface area contributed by atoms with Gasteiger partial charge in [-0.15, -0.1) is 0 Å². The smallest absolute Gasteiger partial charge is 0.160 e. The summed E-state index contributed by atoms with van der Waals surface area (Å²) in [6.07, 6.45) is 0. The number of aromatic nitrogens is 4. The van der Waals surface area contributed by atoms with Crippen LogP contribution in [0.3, 0.4) is 0 Å². The van der Waals surface area contributed by atoms with E-state index in [1.807, 2.05) is 12.1 Å². The molecule has 0 aliphatic heterocycles. The van der Waals surface area contributed by atoms with Crippen molar-refractivity contribution in [1.29, 1.82) is 0 Å². The van der Waals surface area contributed by atoms with Gasteiger partial charge in [0.15, 0.2) is 11.6 Å². The Labute approximate surface area is 403 Å². The molecule has 0 saturated carbocycles. The minimum Gasteiger partial charge on any atom is -0.228 e. The molecule has 14 aromatic rings. The Hall–Kier alpha value is -9.38. The van der Waals surface area contributed by atoms with Crippen molar-refractivity contribution in [1.82, 2.24) is 19.9 Å². The van der Waals surface area contributed by atoms with Crippen molar-refractivity contribution in [2.75, 3.05) is 0 Å². The second-order valence-corrected chi connectivity index (χ2v) is 18.2. The van der Waals surface area contributed by atoms with Crippen LogP contribution < -0.4 is 0 Å². The third-order valence-electron chi connectivity index (χ3n) is 14.0. The molecule has 0 aliphatic carbocycles. The average molecular weight is 889 g/mol. The van der Waals surface area contributed by atoms with Crippen LogP contribution >= 0.6 is 0 Å². The van der Waals surface area contributed by atoms with E-state index in [-0.39, 0.29) is 0 Å². The summed E-state index contributed by atoms with van der Waals surface area (Å²) < 4.78 is 0. The molecule has 0 atom stereocenters. The highest BCUT2D eigenvalue weighted by Gasteiger charge is 2.16. The molecule has 0 bridgehead atoms. The first kappa shape index (κ1) is 39.8. The molecule has 0 N–H and O–H groups in total. The van der Waals surface area contributed by atoms with Gasteiger partial charge in [-0.25, -0.2) is 19.9 Å². The predicted molar refractivity (Wildman–Crippen MR) is 293 cm³/mol. The molecule has 0 unspecified atom stereocenters. The predicted octanol–water partition coefficient (Wildman–Crippen LogP) is 17.3. The molecule has 2 aromatic heterocycles. The maximum atomic E-state index is 5.33. The molecule has 0 saturated heterocycles. The Morgan fingerprint density at radius 3 is 1.01 bits per heavy atom. The normalized spacial score (nSPS) is 11.7. The van der Waals surface area contributed by atoms with Gasteiger partial charge < -0.3 is 0 Å². The van der Waals surface area contributed by atoms with Crippen LogP contribution in [0.4, 0.5) is 0 Å². The Morgan fingerprint density at radius 2 is 0.529 bits per heavy atom. The number of benzene rings is 12. The lowest BCUT2D eigenvalue weighted by atomic mass is 9.96. The second kappa shape index (κ2) is 16.2. The average Bonchev–Trinajstić information content (AvgIpc) is 3.44. The van der Waals surface area contributed by atoms with E-state index in [0.717, 1.165) is 88.5 Å². The number of rotatable bonds is 6. The lowest BCUT2D eigenvalue weighted by Crippen LogP contribution is -1.96. The van der Waals surface area contributed by atoms with Crippen molar-refractivity contribution in [3.05, 3.63) is 243 Å². The van der Waals surface area contributed by atoms with Gasteiger partial charge in [0.25, 0.3) is 0 Å². The molecular formula is C66H40N4. The van der Waals surface area contributed by atoms with Gasteiger partial charge in [0, 0.05) is 33.0 Å². The van der Waals surface area contributed by atoms with Crippen LogP contribution in [0.5, 0.6) is 0 Å². The largest absolute Gasteiger partial charge is 0.228 e. The van der Waals surface area contributed by atoms with E-state index in [0.29, 0.717) is 11.6 Å². The second-order valence-electron chi connectivity index (χ2n) is 18.2. The highest BCUT2D eigenvalue weighted by atomic mass is 14.9. The summed E-state index contributed by atoms with van der Waals surface area (Å²) in [4.78, 5) is 20.9. The zero-order valence-electron chi connectivity index (χ0n) is 37.9. The summed E-state index contributed by atoms with van der Waals surface area (Å²) in [5, 5.41) is 14.3. The first-order valence-electron chi connectivity index (χ1n) is 23.8. The van der Waals surface area contributed by atoms with Crippen LogP contribution in [0.2, 0.25) is 0 Å². The summed E-state index contributed by atoms with van der Waals surface area (Å²) >= 11 is 0. The molecule has 70 heavy (non-hydrogen) atoms. The molecule has 2 heterocycles.